The largest absolute Gasteiger partial charge is 0.395 e. The van der Waals surface area contributed by atoms with E-state index in [0.29, 0.717) is 17.8 Å². The molecule has 0 aromatic heterocycles. The smallest absolute Gasteiger partial charge is 0.161 e. The van der Waals surface area contributed by atoms with Crippen molar-refractivity contribution in [3.63, 3.8) is 0 Å². The number of halogens is 2. The van der Waals surface area contributed by atoms with Crippen molar-refractivity contribution in [2.24, 2.45) is 0 Å². The van der Waals surface area contributed by atoms with Gasteiger partial charge in [-0.05, 0) is 41.0 Å². The summed E-state index contributed by atoms with van der Waals surface area (Å²) in [6.45, 7) is 4.02. The van der Waals surface area contributed by atoms with Crippen molar-refractivity contribution in [1.82, 2.24) is 4.90 Å². The molecule has 4 nitrogen and oxygen atoms in total. The highest BCUT2D eigenvalue weighted by Crippen LogP contribution is 2.29. The van der Waals surface area contributed by atoms with Crippen LogP contribution in [0.1, 0.15) is 12.0 Å². The number of β-amino-alcohol motifs (C(OH)–C–C–N with tert-alkyl or cyclic N) is 1. The number of anilines is 1. The molecule has 1 aromatic carbocycles. The van der Waals surface area contributed by atoms with Crippen LogP contribution < -0.4 is 4.90 Å². The summed E-state index contributed by atoms with van der Waals surface area (Å²) in [5, 5.41) is 17.9. The predicted molar refractivity (Wildman–Crippen MR) is 79.2 cm³/mol. The number of aliphatic hydroxyl groups excluding tert-OH is 1. The lowest BCUT2D eigenvalue weighted by Gasteiger charge is -2.24. The van der Waals surface area contributed by atoms with Gasteiger partial charge in [0, 0.05) is 26.2 Å². The first-order chi connectivity index (χ1) is 9.67. The quantitative estimate of drug-likeness (QED) is 0.913. The molecule has 1 aromatic rings. The standard InChI is InChI=1S/C14H17BrFN3O/c15-13-11(10-17)2-3-12(14(13)16)19-5-1-4-18(6-7-19)8-9-20/h2-3,20H,1,4-9H2. The van der Waals surface area contributed by atoms with Crippen molar-refractivity contribution < 1.29 is 9.50 Å². The normalized spacial score (nSPS) is 16.8. The number of hydrogen-bond donors (Lipinski definition) is 1. The second-order valence-electron chi connectivity index (χ2n) is 4.78. The summed E-state index contributed by atoms with van der Waals surface area (Å²) >= 11 is 3.15. The highest BCUT2D eigenvalue weighted by molar-refractivity contribution is 9.10. The van der Waals surface area contributed by atoms with E-state index in [0.717, 1.165) is 32.6 Å². The molecule has 0 radical (unpaired) electrons. The Morgan fingerprint density at radius 1 is 1.30 bits per heavy atom. The summed E-state index contributed by atoms with van der Waals surface area (Å²) in [5.41, 5.74) is 0.838. The molecule has 0 spiro atoms. The minimum atomic E-state index is -0.375. The summed E-state index contributed by atoms with van der Waals surface area (Å²) < 4.78 is 14.5. The van der Waals surface area contributed by atoms with Gasteiger partial charge in [0.1, 0.15) is 6.07 Å². The van der Waals surface area contributed by atoms with Gasteiger partial charge in [0.05, 0.1) is 22.3 Å². The SMILES string of the molecule is N#Cc1ccc(N2CCCN(CCO)CC2)c(F)c1Br. The Kier molecular flexibility index (Phi) is 5.35. The van der Waals surface area contributed by atoms with E-state index in [9.17, 15) is 4.39 Å². The molecule has 1 aliphatic rings. The number of aliphatic hydroxyl groups is 1. The van der Waals surface area contributed by atoms with Crippen LogP contribution in [0.2, 0.25) is 0 Å². The molecule has 0 atom stereocenters. The first kappa shape index (κ1) is 15.2. The van der Waals surface area contributed by atoms with Gasteiger partial charge in [-0.15, -0.1) is 0 Å². The molecular formula is C14H17BrFN3O. The van der Waals surface area contributed by atoms with E-state index in [1.165, 1.54) is 0 Å². The van der Waals surface area contributed by atoms with Crippen molar-refractivity contribution >= 4 is 21.6 Å². The number of rotatable bonds is 3. The fourth-order valence-electron chi connectivity index (χ4n) is 2.45. The minimum absolute atomic E-state index is 0.150. The summed E-state index contributed by atoms with van der Waals surface area (Å²) in [7, 11) is 0. The van der Waals surface area contributed by atoms with Gasteiger partial charge in [-0.1, -0.05) is 0 Å². The molecule has 0 bridgehead atoms. The van der Waals surface area contributed by atoms with Gasteiger partial charge in [-0.25, -0.2) is 4.39 Å². The number of hydrogen-bond acceptors (Lipinski definition) is 4. The highest BCUT2D eigenvalue weighted by atomic mass is 79.9. The molecule has 0 unspecified atom stereocenters. The van der Waals surface area contributed by atoms with Gasteiger partial charge in [0.15, 0.2) is 5.82 Å². The molecule has 1 aliphatic heterocycles. The van der Waals surface area contributed by atoms with Crippen molar-refractivity contribution in [2.45, 2.75) is 6.42 Å². The van der Waals surface area contributed by atoms with Crippen LogP contribution in [0.5, 0.6) is 0 Å². The zero-order chi connectivity index (χ0) is 14.5. The Morgan fingerprint density at radius 3 is 2.80 bits per heavy atom. The van der Waals surface area contributed by atoms with E-state index in [1.54, 1.807) is 12.1 Å². The van der Waals surface area contributed by atoms with E-state index in [2.05, 4.69) is 20.8 Å². The average molecular weight is 342 g/mol. The van der Waals surface area contributed by atoms with Crippen LogP contribution in [0.3, 0.4) is 0 Å². The summed E-state index contributed by atoms with van der Waals surface area (Å²) in [6, 6.07) is 5.27. The van der Waals surface area contributed by atoms with Crippen molar-refractivity contribution in [3.8, 4) is 6.07 Å². The van der Waals surface area contributed by atoms with Crippen LogP contribution in [-0.4, -0.2) is 49.3 Å². The molecule has 1 N–H and O–H groups in total. The minimum Gasteiger partial charge on any atom is -0.395 e. The van der Waals surface area contributed by atoms with Crippen molar-refractivity contribution in [1.29, 1.82) is 5.26 Å². The molecule has 0 saturated carbocycles. The van der Waals surface area contributed by atoms with E-state index >= 15 is 0 Å². The highest BCUT2D eigenvalue weighted by Gasteiger charge is 2.19. The first-order valence-corrected chi connectivity index (χ1v) is 7.43. The lowest BCUT2D eigenvalue weighted by Crippen LogP contribution is -2.32. The second-order valence-corrected chi connectivity index (χ2v) is 5.57. The molecule has 1 fully saturated rings. The fourth-order valence-corrected chi connectivity index (χ4v) is 2.87. The van der Waals surface area contributed by atoms with Gasteiger partial charge in [0.2, 0.25) is 0 Å². The molecule has 6 heteroatoms. The molecule has 1 saturated heterocycles. The van der Waals surface area contributed by atoms with Crippen LogP contribution in [-0.2, 0) is 0 Å². The van der Waals surface area contributed by atoms with Gasteiger partial charge < -0.3 is 10.0 Å². The summed E-state index contributed by atoms with van der Waals surface area (Å²) in [6.07, 6.45) is 0.928. The van der Waals surface area contributed by atoms with Crippen LogP contribution in [0.15, 0.2) is 16.6 Å². The lowest BCUT2D eigenvalue weighted by atomic mass is 10.2. The third-order valence-corrected chi connectivity index (χ3v) is 4.30. The average Bonchev–Trinajstić information content (AvgIpc) is 2.68. The van der Waals surface area contributed by atoms with Crippen LogP contribution in [0, 0.1) is 17.1 Å². The summed E-state index contributed by atoms with van der Waals surface area (Å²) in [4.78, 5) is 4.18. The molecule has 108 valence electrons. The molecular weight excluding hydrogens is 325 g/mol. The maximum Gasteiger partial charge on any atom is 0.161 e. The summed E-state index contributed by atoms with van der Waals surface area (Å²) in [5.74, 6) is -0.375. The number of benzene rings is 1. The van der Waals surface area contributed by atoms with E-state index in [4.69, 9.17) is 10.4 Å². The number of nitriles is 1. The van der Waals surface area contributed by atoms with Gasteiger partial charge in [-0.2, -0.15) is 5.26 Å². The van der Waals surface area contributed by atoms with E-state index in [1.807, 2.05) is 11.0 Å². The maximum atomic E-state index is 14.3. The Morgan fingerprint density at radius 2 is 2.10 bits per heavy atom. The topological polar surface area (TPSA) is 50.5 Å². The van der Waals surface area contributed by atoms with Gasteiger partial charge in [0.25, 0.3) is 0 Å². The van der Waals surface area contributed by atoms with Crippen LogP contribution in [0.4, 0.5) is 10.1 Å². The van der Waals surface area contributed by atoms with E-state index in [-0.39, 0.29) is 16.9 Å². The Hall–Kier alpha value is -1.16. The van der Waals surface area contributed by atoms with Crippen molar-refractivity contribution in [3.05, 3.63) is 28.0 Å². The van der Waals surface area contributed by atoms with Crippen LogP contribution in [0.25, 0.3) is 0 Å². The molecule has 20 heavy (non-hydrogen) atoms. The van der Waals surface area contributed by atoms with E-state index < -0.39 is 0 Å². The predicted octanol–water partition coefficient (Wildman–Crippen LogP) is 1.96. The molecule has 2 rings (SSSR count). The zero-order valence-corrected chi connectivity index (χ0v) is 12.7. The third kappa shape index (κ3) is 3.29. The van der Waals surface area contributed by atoms with Gasteiger partial charge >= 0.3 is 0 Å². The lowest BCUT2D eigenvalue weighted by molar-refractivity contribution is 0.204. The Labute approximate surface area is 126 Å². The third-order valence-electron chi connectivity index (χ3n) is 3.53. The maximum absolute atomic E-state index is 14.3. The molecule has 0 aliphatic carbocycles. The Bertz CT molecular complexity index is 518. The molecule has 1 heterocycles. The first-order valence-electron chi connectivity index (χ1n) is 6.63. The van der Waals surface area contributed by atoms with Crippen LogP contribution >= 0.6 is 15.9 Å². The fraction of sp³-hybridized carbons (Fsp3) is 0.500. The second kappa shape index (κ2) is 7.02. The monoisotopic (exact) mass is 341 g/mol. The Balaban J connectivity index is 2.16. The van der Waals surface area contributed by atoms with Gasteiger partial charge in [-0.3, -0.25) is 4.90 Å². The zero-order valence-electron chi connectivity index (χ0n) is 11.1. The van der Waals surface area contributed by atoms with Crippen molar-refractivity contribution in [2.75, 3.05) is 44.2 Å². The molecule has 0 amide bonds. The number of nitrogens with zero attached hydrogens (tertiary/aromatic N) is 3.